The van der Waals surface area contributed by atoms with Gasteiger partial charge in [-0.25, -0.2) is 4.90 Å². The maximum Gasteiger partial charge on any atom is 0.277 e. The Kier molecular flexibility index (Phi) is 4.91. The molecule has 1 heterocycles. The third-order valence-corrected chi connectivity index (χ3v) is 4.43. The lowest BCUT2D eigenvalue weighted by Gasteiger charge is -2.15. The third kappa shape index (κ3) is 3.17. The van der Waals surface area contributed by atoms with Gasteiger partial charge in [-0.1, -0.05) is 42.8 Å². The second-order valence-corrected chi connectivity index (χ2v) is 5.99. The number of aryl methyl sites for hydroxylation is 1. The molecule has 0 saturated heterocycles. The summed E-state index contributed by atoms with van der Waals surface area (Å²) < 4.78 is 5.40. The minimum atomic E-state index is -0.500. The largest absolute Gasteiger partial charge is 0.494 e. The summed E-state index contributed by atoms with van der Waals surface area (Å²) in [6, 6.07) is 14.3. The van der Waals surface area contributed by atoms with Crippen molar-refractivity contribution in [3.05, 3.63) is 64.7 Å². The van der Waals surface area contributed by atoms with Crippen LogP contribution < -0.4 is 9.64 Å². The van der Waals surface area contributed by atoms with Crippen LogP contribution >= 0.6 is 11.6 Å². The summed E-state index contributed by atoms with van der Waals surface area (Å²) in [6.07, 6.45) is 0.888. The topological polar surface area (TPSA) is 46.6 Å². The maximum absolute atomic E-state index is 12.8. The number of halogens is 1. The summed E-state index contributed by atoms with van der Waals surface area (Å²) in [4.78, 5) is 26.5. The Balaban J connectivity index is 1.93. The maximum atomic E-state index is 12.8. The number of ether oxygens (including phenoxy) is 1. The van der Waals surface area contributed by atoms with E-state index in [4.69, 9.17) is 16.3 Å². The average molecular weight is 356 g/mol. The summed E-state index contributed by atoms with van der Waals surface area (Å²) in [7, 11) is 0. The summed E-state index contributed by atoms with van der Waals surface area (Å²) in [6.45, 7) is 4.50. The lowest BCUT2D eigenvalue weighted by molar-refractivity contribution is -0.119. The average Bonchev–Trinajstić information content (AvgIpc) is 2.85. The van der Waals surface area contributed by atoms with Gasteiger partial charge in [-0.2, -0.15) is 0 Å². The number of anilines is 1. The van der Waals surface area contributed by atoms with Crippen molar-refractivity contribution in [3.63, 3.8) is 0 Å². The fourth-order valence-corrected chi connectivity index (χ4v) is 3.03. The number of imide groups is 1. The summed E-state index contributed by atoms with van der Waals surface area (Å²) in [5.74, 6) is -0.213. The number of amides is 2. The number of carbonyl (C=O) groups is 2. The molecule has 0 fully saturated rings. The van der Waals surface area contributed by atoms with Crippen LogP contribution in [0.1, 0.15) is 25.0 Å². The minimum Gasteiger partial charge on any atom is -0.494 e. The zero-order valence-corrected chi connectivity index (χ0v) is 14.8. The van der Waals surface area contributed by atoms with E-state index in [0.29, 0.717) is 23.6 Å². The van der Waals surface area contributed by atoms with E-state index in [0.717, 1.165) is 16.9 Å². The zero-order valence-electron chi connectivity index (χ0n) is 14.1. The molecule has 0 unspecified atom stereocenters. The van der Waals surface area contributed by atoms with E-state index in [1.54, 1.807) is 36.4 Å². The fourth-order valence-electron chi connectivity index (χ4n) is 2.75. The molecule has 1 aliphatic rings. The van der Waals surface area contributed by atoms with Crippen LogP contribution in [0, 0.1) is 0 Å². The number of rotatable bonds is 5. The predicted octanol–water partition coefficient (Wildman–Crippen LogP) is 4.17. The Hall–Kier alpha value is -2.59. The van der Waals surface area contributed by atoms with Gasteiger partial charge in [0.05, 0.1) is 17.9 Å². The van der Waals surface area contributed by atoms with Crippen molar-refractivity contribution in [1.29, 1.82) is 0 Å². The molecule has 1 aliphatic heterocycles. The van der Waals surface area contributed by atoms with Crippen molar-refractivity contribution >= 4 is 34.7 Å². The van der Waals surface area contributed by atoms with E-state index in [1.807, 2.05) is 26.0 Å². The van der Waals surface area contributed by atoms with Gasteiger partial charge in [0, 0.05) is 0 Å². The van der Waals surface area contributed by atoms with E-state index < -0.39 is 11.8 Å². The summed E-state index contributed by atoms with van der Waals surface area (Å²) >= 11 is 6.20. The van der Waals surface area contributed by atoms with Crippen molar-refractivity contribution < 1.29 is 14.3 Å². The summed E-state index contributed by atoms with van der Waals surface area (Å²) in [5, 5.41) is -0.0614. The number of hydrogen-bond acceptors (Lipinski definition) is 3. The molecule has 0 saturated carbocycles. The van der Waals surface area contributed by atoms with Crippen LogP contribution in [0.5, 0.6) is 5.75 Å². The van der Waals surface area contributed by atoms with E-state index in [1.165, 1.54) is 0 Å². The van der Waals surface area contributed by atoms with Gasteiger partial charge in [0.2, 0.25) is 0 Å². The van der Waals surface area contributed by atoms with Crippen molar-refractivity contribution in [2.75, 3.05) is 11.5 Å². The normalized spacial score (nSPS) is 14.4. The number of benzene rings is 2. The third-order valence-electron chi connectivity index (χ3n) is 4.08. The first-order valence-corrected chi connectivity index (χ1v) is 8.55. The standard InChI is InChI=1S/C20H18ClNO3/c1-3-13-5-9-15(10-6-13)22-19(23)17(18(21)20(22)24)14-7-11-16(12-8-14)25-4-2/h5-12H,3-4H2,1-2H3. The van der Waals surface area contributed by atoms with Gasteiger partial charge in [0.25, 0.3) is 11.8 Å². The Morgan fingerprint density at radius 3 is 2.12 bits per heavy atom. The molecule has 5 heteroatoms. The Bertz CT molecular complexity index is 838. The minimum absolute atomic E-state index is 0.0614. The van der Waals surface area contributed by atoms with Crippen LogP contribution in [0.3, 0.4) is 0 Å². The molecule has 0 aromatic heterocycles. The van der Waals surface area contributed by atoms with Gasteiger partial charge in [0.1, 0.15) is 10.8 Å². The lowest BCUT2D eigenvalue weighted by Crippen LogP contribution is -2.31. The molecule has 2 aromatic carbocycles. The van der Waals surface area contributed by atoms with Crippen LogP contribution in [-0.4, -0.2) is 18.4 Å². The number of hydrogen-bond donors (Lipinski definition) is 0. The molecule has 4 nitrogen and oxygen atoms in total. The predicted molar refractivity (Wildman–Crippen MR) is 98.7 cm³/mol. The molecular weight excluding hydrogens is 338 g/mol. The van der Waals surface area contributed by atoms with Crippen molar-refractivity contribution in [3.8, 4) is 5.75 Å². The fraction of sp³-hybridized carbons (Fsp3) is 0.200. The highest BCUT2D eigenvalue weighted by atomic mass is 35.5. The van der Waals surface area contributed by atoms with Crippen molar-refractivity contribution in [2.45, 2.75) is 20.3 Å². The molecule has 128 valence electrons. The van der Waals surface area contributed by atoms with Gasteiger partial charge in [-0.15, -0.1) is 0 Å². The highest BCUT2D eigenvalue weighted by Crippen LogP contribution is 2.35. The van der Waals surface area contributed by atoms with Gasteiger partial charge >= 0.3 is 0 Å². The van der Waals surface area contributed by atoms with Crippen LogP contribution in [0.25, 0.3) is 5.57 Å². The SMILES string of the molecule is CCOc1ccc(C2=C(Cl)C(=O)N(c3ccc(CC)cc3)C2=O)cc1. The van der Waals surface area contributed by atoms with Crippen molar-refractivity contribution in [2.24, 2.45) is 0 Å². The first-order chi connectivity index (χ1) is 12.1. The quantitative estimate of drug-likeness (QED) is 0.756. The molecule has 2 amide bonds. The van der Waals surface area contributed by atoms with E-state index in [9.17, 15) is 9.59 Å². The van der Waals surface area contributed by atoms with Gasteiger partial charge in [-0.05, 0) is 48.7 Å². The van der Waals surface area contributed by atoms with E-state index in [-0.39, 0.29) is 10.6 Å². The van der Waals surface area contributed by atoms with Crippen LogP contribution in [0.4, 0.5) is 5.69 Å². The first-order valence-electron chi connectivity index (χ1n) is 8.17. The molecule has 0 atom stereocenters. The zero-order chi connectivity index (χ0) is 18.0. The highest BCUT2D eigenvalue weighted by Gasteiger charge is 2.39. The highest BCUT2D eigenvalue weighted by molar-refractivity contribution is 6.60. The van der Waals surface area contributed by atoms with Crippen LogP contribution in [0.15, 0.2) is 53.6 Å². The van der Waals surface area contributed by atoms with Gasteiger partial charge < -0.3 is 4.74 Å². The van der Waals surface area contributed by atoms with Gasteiger partial charge in [0.15, 0.2) is 0 Å². The van der Waals surface area contributed by atoms with Crippen LogP contribution in [-0.2, 0) is 16.0 Å². The molecule has 25 heavy (non-hydrogen) atoms. The van der Waals surface area contributed by atoms with Gasteiger partial charge in [-0.3, -0.25) is 9.59 Å². The second-order valence-electron chi connectivity index (χ2n) is 5.61. The molecule has 0 N–H and O–H groups in total. The molecule has 2 aromatic rings. The Morgan fingerprint density at radius 1 is 0.920 bits per heavy atom. The smallest absolute Gasteiger partial charge is 0.277 e. The lowest BCUT2D eigenvalue weighted by atomic mass is 10.1. The molecule has 0 spiro atoms. The van der Waals surface area contributed by atoms with Crippen LogP contribution in [0.2, 0.25) is 0 Å². The molecule has 3 rings (SSSR count). The molecule has 0 radical (unpaired) electrons. The Morgan fingerprint density at radius 2 is 1.56 bits per heavy atom. The summed E-state index contributed by atoms with van der Waals surface area (Å²) in [5.41, 5.74) is 2.47. The van der Waals surface area contributed by atoms with Crippen molar-refractivity contribution in [1.82, 2.24) is 0 Å². The monoisotopic (exact) mass is 355 g/mol. The molecule has 0 aliphatic carbocycles. The van der Waals surface area contributed by atoms with E-state index >= 15 is 0 Å². The second kappa shape index (κ2) is 7.11. The Labute approximate surface area is 151 Å². The molecular formula is C20H18ClNO3. The number of carbonyl (C=O) groups excluding carboxylic acids is 2. The first kappa shape index (κ1) is 17.2. The number of nitrogens with zero attached hydrogens (tertiary/aromatic N) is 1. The molecule has 0 bridgehead atoms. The van der Waals surface area contributed by atoms with E-state index in [2.05, 4.69) is 0 Å².